The Hall–Kier alpha value is 0.180. The van der Waals surface area contributed by atoms with Gasteiger partial charge in [0.2, 0.25) is 0 Å². The van der Waals surface area contributed by atoms with Gasteiger partial charge in [-0.15, -0.1) is 0 Å². The quantitative estimate of drug-likeness (QED) is 0.653. The number of hydrogen-bond acceptors (Lipinski definition) is 4. The molecule has 0 aliphatic rings. The molecule has 0 saturated carbocycles. The van der Waals surface area contributed by atoms with Crippen LogP contribution in [0.3, 0.4) is 0 Å². The zero-order valence-corrected chi connectivity index (χ0v) is 11.3. The van der Waals surface area contributed by atoms with Gasteiger partial charge in [0, 0.05) is 32.9 Å². The molecule has 0 rings (SSSR count). The Labute approximate surface area is 97.2 Å². The van der Waals surface area contributed by atoms with Crippen molar-refractivity contribution in [3.63, 3.8) is 0 Å². The SMILES string of the molecule is CSCCN(C)S(=O)(=O)N(C)CCCN. The van der Waals surface area contributed by atoms with E-state index in [4.69, 9.17) is 5.73 Å². The first kappa shape index (κ1) is 15.2. The Morgan fingerprint density at radius 3 is 2.20 bits per heavy atom. The minimum Gasteiger partial charge on any atom is -0.330 e. The zero-order valence-electron chi connectivity index (χ0n) is 9.64. The Kier molecular flexibility index (Phi) is 7.54. The number of rotatable bonds is 8. The van der Waals surface area contributed by atoms with Gasteiger partial charge >= 0.3 is 0 Å². The summed E-state index contributed by atoms with van der Waals surface area (Å²) in [5, 5.41) is 0. The number of nitrogens with zero attached hydrogens (tertiary/aromatic N) is 2. The maximum absolute atomic E-state index is 11.8. The summed E-state index contributed by atoms with van der Waals surface area (Å²) >= 11 is 1.63. The highest BCUT2D eigenvalue weighted by Gasteiger charge is 2.22. The monoisotopic (exact) mass is 255 g/mol. The number of thioether (sulfide) groups is 1. The van der Waals surface area contributed by atoms with Crippen LogP contribution in [0.4, 0.5) is 0 Å². The molecular formula is C8H21N3O2S2. The molecule has 0 bridgehead atoms. The Bertz CT molecular complexity index is 237. The molecule has 0 radical (unpaired) electrons. The normalized spacial score (nSPS) is 12.7. The van der Waals surface area contributed by atoms with Gasteiger partial charge in [0.05, 0.1) is 0 Å². The van der Waals surface area contributed by atoms with Gasteiger partial charge in [-0.05, 0) is 19.2 Å². The van der Waals surface area contributed by atoms with Crippen molar-refractivity contribution in [2.24, 2.45) is 5.73 Å². The van der Waals surface area contributed by atoms with Crippen LogP contribution in [0.25, 0.3) is 0 Å². The lowest BCUT2D eigenvalue weighted by molar-refractivity contribution is 0.398. The minimum absolute atomic E-state index is 0.475. The first-order valence-electron chi connectivity index (χ1n) is 4.83. The predicted molar refractivity (Wildman–Crippen MR) is 66.2 cm³/mol. The summed E-state index contributed by atoms with van der Waals surface area (Å²) in [5.74, 6) is 0.806. The fourth-order valence-electron chi connectivity index (χ4n) is 1.00. The Morgan fingerprint density at radius 1 is 1.20 bits per heavy atom. The molecule has 0 aromatic rings. The van der Waals surface area contributed by atoms with E-state index in [0.29, 0.717) is 26.1 Å². The van der Waals surface area contributed by atoms with E-state index in [9.17, 15) is 8.42 Å². The molecule has 0 aromatic heterocycles. The first-order chi connectivity index (χ1) is 6.96. The molecule has 0 amide bonds. The summed E-state index contributed by atoms with van der Waals surface area (Å²) in [6.45, 7) is 1.52. The van der Waals surface area contributed by atoms with Crippen molar-refractivity contribution in [1.29, 1.82) is 0 Å². The molecule has 0 atom stereocenters. The van der Waals surface area contributed by atoms with E-state index < -0.39 is 10.2 Å². The summed E-state index contributed by atoms with van der Waals surface area (Å²) < 4.78 is 26.4. The fourth-order valence-corrected chi connectivity index (χ4v) is 2.73. The van der Waals surface area contributed by atoms with Crippen LogP contribution >= 0.6 is 11.8 Å². The zero-order chi connectivity index (χ0) is 11.9. The standard InChI is InChI=1S/C8H21N3O2S2/c1-10(6-4-5-9)15(12,13)11(2)7-8-14-3/h4-9H2,1-3H3. The predicted octanol–water partition coefficient (Wildman–Crippen LogP) is -0.193. The minimum atomic E-state index is -3.29. The van der Waals surface area contributed by atoms with Crippen LogP contribution in [0.1, 0.15) is 6.42 Å². The number of hydrogen-bond donors (Lipinski definition) is 1. The third kappa shape index (κ3) is 5.17. The molecule has 2 N–H and O–H groups in total. The van der Waals surface area contributed by atoms with Gasteiger partial charge in [-0.1, -0.05) is 0 Å². The van der Waals surface area contributed by atoms with Crippen LogP contribution in [-0.4, -0.2) is 62.8 Å². The molecule has 0 aliphatic heterocycles. The second-order valence-corrected chi connectivity index (χ2v) is 6.41. The highest BCUT2D eigenvalue weighted by Crippen LogP contribution is 2.05. The van der Waals surface area contributed by atoms with Gasteiger partial charge in [-0.2, -0.15) is 28.8 Å². The van der Waals surface area contributed by atoms with Crippen LogP contribution in [0.15, 0.2) is 0 Å². The second kappa shape index (κ2) is 7.45. The summed E-state index contributed by atoms with van der Waals surface area (Å²) in [6.07, 6.45) is 2.64. The molecule has 0 fully saturated rings. The van der Waals surface area contributed by atoms with Gasteiger partial charge in [-0.3, -0.25) is 0 Å². The third-order valence-electron chi connectivity index (χ3n) is 2.08. The van der Waals surface area contributed by atoms with E-state index in [0.717, 1.165) is 5.75 Å². The molecule has 7 heteroatoms. The van der Waals surface area contributed by atoms with Crippen molar-refractivity contribution in [3.05, 3.63) is 0 Å². The summed E-state index contributed by atoms with van der Waals surface area (Å²) in [6, 6.07) is 0. The highest BCUT2D eigenvalue weighted by molar-refractivity contribution is 7.98. The fraction of sp³-hybridized carbons (Fsp3) is 1.00. The van der Waals surface area contributed by atoms with Gasteiger partial charge < -0.3 is 5.73 Å². The topological polar surface area (TPSA) is 66.6 Å². The lowest BCUT2D eigenvalue weighted by atomic mass is 10.4. The van der Waals surface area contributed by atoms with Gasteiger partial charge in [0.1, 0.15) is 0 Å². The Balaban J connectivity index is 4.25. The van der Waals surface area contributed by atoms with Crippen molar-refractivity contribution < 1.29 is 8.42 Å². The van der Waals surface area contributed by atoms with Crippen LogP contribution in [0, 0.1) is 0 Å². The highest BCUT2D eigenvalue weighted by atomic mass is 32.2. The third-order valence-corrected chi connectivity index (χ3v) is 4.61. The van der Waals surface area contributed by atoms with Gasteiger partial charge in [0.25, 0.3) is 10.2 Å². The van der Waals surface area contributed by atoms with Crippen molar-refractivity contribution in [1.82, 2.24) is 8.61 Å². The van der Waals surface area contributed by atoms with Crippen LogP contribution in [0.5, 0.6) is 0 Å². The van der Waals surface area contributed by atoms with E-state index in [-0.39, 0.29) is 0 Å². The first-order valence-corrected chi connectivity index (χ1v) is 7.62. The van der Waals surface area contributed by atoms with E-state index in [1.165, 1.54) is 8.61 Å². The molecule has 5 nitrogen and oxygen atoms in total. The maximum atomic E-state index is 11.8. The summed E-state index contributed by atoms with van der Waals surface area (Å²) in [7, 11) is -0.100. The number of nitrogens with two attached hydrogens (primary N) is 1. The molecule has 0 spiro atoms. The smallest absolute Gasteiger partial charge is 0.281 e. The molecule has 15 heavy (non-hydrogen) atoms. The molecule has 92 valence electrons. The largest absolute Gasteiger partial charge is 0.330 e. The van der Waals surface area contributed by atoms with E-state index in [1.54, 1.807) is 25.9 Å². The molecule has 0 aliphatic carbocycles. The molecule has 0 unspecified atom stereocenters. The van der Waals surface area contributed by atoms with E-state index in [1.807, 2.05) is 6.26 Å². The van der Waals surface area contributed by atoms with Crippen LogP contribution in [0.2, 0.25) is 0 Å². The molecule has 0 aromatic carbocycles. The van der Waals surface area contributed by atoms with Crippen molar-refractivity contribution in [3.8, 4) is 0 Å². The maximum Gasteiger partial charge on any atom is 0.281 e. The molecule has 0 saturated heterocycles. The Morgan fingerprint density at radius 2 is 1.73 bits per heavy atom. The average molecular weight is 255 g/mol. The average Bonchev–Trinajstić information content (AvgIpc) is 2.21. The summed E-state index contributed by atoms with van der Waals surface area (Å²) in [4.78, 5) is 0. The second-order valence-electron chi connectivity index (χ2n) is 3.29. The van der Waals surface area contributed by atoms with Crippen LogP contribution in [-0.2, 0) is 10.2 Å². The lowest BCUT2D eigenvalue weighted by Gasteiger charge is -2.23. The van der Waals surface area contributed by atoms with Crippen molar-refractivity contribution in [2.45, 2.75) is 6.42 Å². The van der Waals surface area contributed by atoms with E-state index in [2.05, 4.69) is 0 Å². The lowest BCUT2D eigenvalue weighted by Crippen LogP contribution is -2.41. The van der Waals surface area contributed by atoms with Crippen LogP contribution < -0.4 is 5.73 Å². The molecular weight excluding hydrogens is 234 g/mol. The van der Waals surface area contributed by atoms with Gasteiger partial charge in [-0.25, -0.2) is 0 Å². The molecule has 0 heterocycles. The summed E-state index contributed by atoms with van der Waals surface area (Å²) in [5.41, 5.74) is 5.34. The van der Waals surface area contributed by atoms with Crippen molar-refractivity contribution in [2.75, 3.05) is 45.7 Å². The van der Waals surface area contributed by atoms with Gasteiger partial charge in [0.15, 0.2) is 0 Å². The van der Waals surface area contributed by atoms with Crippen molar-refractivity contribution >= 4 is 22.0 Å². The van der Waals surface area contributed by atoms with E-state index >= 15 is 0 Å².